The van der Waals surface area contributed by atoms with Crippen molar-refractivity contribution < 1.29 is 9.13 Å². The van der Waals surface area contributed by atoms with Crippen LogP contribution in [0.3, 0.4) is 0 Å². The first-order valence-corrected chi connectivity index (χ1v) is 9.48. The molecule has 0 aliphatic heterocycles. The van der Waals surface area contributed by atoms with Crippen molar-refractivity contribution in [3.8, 4) is 11.8 Å². The molecule has 0 bridgehead atoms. The molecule has 1 heterocycles. The van der Waals surface area contributed by atoms with E-state index in [-0.39, 0.29) is 5.82 Å². The van der Waals surface area contributed by atoms with Crippen LogP contribution >= 0.6 is 11.3 Å². The van der Waals surface area contributed by atoms with Gasteiger partial charge in [0, 0.05) is 0 Å². The maximum atomic E-state index is 12.9. The molecule has 0 spiro atoms. The Balaban J connectivity index is 1.49. The number of benzene rings is 3. The number of halogens is 1. The number of nitrogens with zero attached hydrogens (tertiary/aromatic N) is 2. The van der Waals surface area contributed by atoms with Crippen molar-refractivity contribution in [1.82, 2.24) is 4.98 Å². The van der Waals surface area contributed by atoms with Crippen molar-refractivity contribution in [3.63, 3.8) is 0 Å². The minimum atomic E-state index is -0.263. The van der Waals surface area contributed by atoms with Gasteiger partial charge in [-0.2, -0.15) is 5.26 Å². The van der Waals surface area contributed by atoms with Gasteiger partial charge in [0.2, 0.25) is 0 Å². The molecule has 136 valence electrons. The molecule has 4 rings (SSSR count). The highest BCUT2D eigenvalue weighted by atomic mass is 32.1. The molecule has 0 saturated heterocycles. The summed E-state index contributed by atoms with van der Waals surface area (Å²) in [6.07, 6.45) is 1.82. The highest BCUT2D eigenvalue weighted by molar-refractivity contribution is 7.19. The molecular formula is C23H15FN2OS. The van der Waals surface area contributed by atoms with Crippen LogP contribution in [0.5, 0.6) is 5.75 Å². The van der Waals surface area contributed by atoms with Crippen molar-refractivity contribution in [2.75, 3.05) is 0 Å². The smallest absolute Gasteiger partial charge is 0.135 e. The lowest BCUT2D eigenvalue weighted by atomic mass is 10.1. The van der Waals surface area contributed by atoms with Gasteiger partial charge in [0.25, 0.3) is 0 Å². The molecule has 0 aliphatic carbocycles. The van der Waals surface area contributed by atoms with E-state index in [0.29, 0.717) is 22.9 Å². The number of fused-ring (bicyclic) bond motifs is 1. The highest BCUT2D eigenvalue weighted by Gasteiger charge is 2.08. The lowest BCUT2D eigenvalue weighted by molar-refractivity contribution is 0.306. The summed E-state index contributed by atoms with van der Waals surface area (Å²) in [7, 11) is 0. The van der Waals surface area contributed by atoms with Gasteiger partial charge >= 0.3 is 0 Å². The zero-order valence-electron chi connectivity index (χ0n) is 14.8. The molecule has 1 aromatic heterocycles. The third-order valence-corrected chi connectivity index (χ3v) is 5.22. The quantitative estimate of drug-likeness (QED) is 0.391. The zero-order valence-corrected chi connectivity index (χ0v) is 15.6. The van der Waals surface area contributed by atoms with Crippen LogP contribution in [0.15, 0.2) is 72.8 Å². The van der Waals surface area contributed by atoms with E-state index < -0.39 is 0 Å². The van der Waals surface area contributed by atoms with E-state index in [2.05, 4.69) is 11.1 Å². The van der Waals surface area contributed by atoms with E-state index in [4.69, 9.17) is 4.74 Å². The second kappa shape index (κ2) is 8.03. The maximum absolute atomic E-state index is 12.9. The van der Waals surface area contributed by atoms with Crippen LogP contribution in [0.4, 0.5) is 4.39 Å². The molecule has 28 heavy (non-hydrogen) atoms. The number of thiazole rings is 1. The summed E-state index contributed by atoms with van der Waals surface area (Å²) in [5.41, 5.74) is 3.22. The second-order valence-electron chi connectivity index (χ2n) is 6.14. The number of para-hydroxylation sites is 1. The van der Waals surface area contributed by atoms with E-state index >= 15 is 0 Å². The third kappa shape index (κ3) is 4.08. The molecule has 5 heteroatoms. The van der Waals surface area contributed by atoms with Gasteiger partial charge in [0.15, 0.2) is 0 Å². The number of ether oxygens (including phenoxy) is 1. The first kappa shape index (κ1) is 17.9. The van der Waals surface area contributed by atoms with E-state index in [1.54, 1.807) is 12.1 Å². The molecule has 0 fully saturated rings. The van der Waals surface area contributed by atoms with Crippen LogP contribution < -0.4 is 4.74 Å². The molecule has 4 aromatic rings. The van der Waals surface area contributed by atoms with E-state index in [9.17, 15) is 9.65 Å². The van der Waals surface area contributed by atoms with Crippen molar-refractivity contribution in [1.29, 1.82) is 5.26 Å². The summed E-state index contributed by atoms with van der Waals surface area (Å²) in [5.74, 6) is 0.446. The predicted octanol–water partition coefficient (Wildman–Crippen LogP) is 6.08. The predicted molar refractivity (Wildman–Crippen MR) is 110 cm³/mol. The molecule has 0 saturated carbocycles. The lowest BCUT2D eigenvalue weighted by Crippen LogP contribution is -1.95. The molecule has 3 aromatic carbocycles. The van der Waals surface area contributed by atoms with E-state index in [1.807, 2.05) is 54.6 Å². The minimum absolute atomic E-state index is 0.263. The average Bonchev–Trinajstić information content (AvgIpc) is 3.16. The number of hydrogen-bond donors (Lipinski definition) is 0. The lowest BCUT2D eigenvalue weighted by Gasteiger charge is -2.06. The highest BCUT2D eigenvalue weighted by Crippen LogP contribution is 2.28. The SMILES string of the molecule is N#CC(=Cc1ccc(OCc2ccc(F)cc2)cc1)c1nc2ccccc2s1. The number of nitriles is 1. The molecule has 0 unspecified atom stereocenters. The fourth-order valence-electron chi connectivity index (χ4n) is 2.70. The first-order chi connectivity index (χ1) is 13.7. The summed E-state index contributed by atoms with van der Waals surface area (Å²) in [6, 6.07) is 23.8. The number of hydrogen-bond acceptors (Lipinski definition) is 4. The van der Waals surface area contributed by atoms with Crippen LogP contribution in [0, 0.1) is 17.1 Å². The molecule has 0 amide bonds. The Labute approximate surface area is 166 Å². The van der Waals surface area contributed by atoms with Crippen molar-refractivity contribution >= 4 is 33.2 Å². The van der Waals surface area contributed by atoms with Crippen LogP contribution in [-0.4, -0.2) is 4.98 Å². The van der Waals surface area contributed by atoms with Crippen LogP contribution in [0.2, 0.25) is 0 Å². The van der Waals surface area contributed by atoms with E-state index in [0.717, 1.165) is 21.3 Å². The Morgan fingerprint density at radius 2 is 1.79 bits per heavy atom. The average molecular weight is 386 g/mol. The summed E-state index contributed by atoms with van der Waals surface area (Å²) in [5, 5.41) is 10.3. The summed E-state index contributed by atoms with van der Waals surface area (Å²) in [6.45, 7) is 0.366. The van der Waals surface area contributed by atoms with Crippen molar-refractivity contribution in [2.24, 2.45) is 0 Å². The van der Waals surface area contributed by atoms with Crippen molar-refractivity contribution in [3.05, 3.63) is 94.7 Å². The third-order valence-electron chi connectivity index (χ3n) is 4.15. The molecule has 3 nitrogen and oxygen atoms in total. The standard InChI is InChI=1S/C23H15FN2OS/c24-19-9-5-17(6-10-19)15-27-20-11-7-16(8-12-20)13-18(14-25)23-26-21-3-1-2-4-22(21)28-23/h1-13H,15H2. The van der Waals surface area contributed by atoms with Gasteiger partial charge in [0.1, 0.15) is 29.3 Å². The van der Waals surface area contributed by atoms with Gasteiger partial charge in [0.05, 0.1) is 15.8 Å². The molecule has 0 aliphatic rings. The normalized spacial score (nSPS) is 11.4. The molecule has 0 atom stereocenters. The van der Waals surface area contributed by atoms with Gasteiger partial charge in [-0.3, -0.25) is 0 Å². The topological polar surface area (TPSA) is 45.9 Å². The van der Waals surface area contributed by atoms with Gasteiger partial charge in [-0.1, -0.05) is 36.4 Å². The molecule has 0 radical (unpaired) electrons. The number of allylic oxidation sites excluding steroid dienone is 1. The Kier molecular flexibility index (Phi) is 5.14. The monoisotopic (exact) mass is 386 g/mol. The number of aromatic nitrogens is 1. The fourth-order valence-corrected chi connectivity index (χ4v) is 3.64. The van der Waals surface area contributed by atoms with Crippen LogP contribution in [0.25, 0.3) is 21.9 Å². The maximum Gasteiger partial charge on any atom is 0.135 e. The number of rotatable bonds is 5. The molecule has 0 N–H and O–H groups in total. The van der Waals surface area contributed by atoms with Gasteiger partial charge in [-0.05, 0) is 53.6 Å². The Bertz CT molecular complexity index is 1140. The second-order valence-corrected chi connectivity index (χ2v) is 7.17. The van der Waals surface area contributed by atoms with Gasteiger partial charge in [-0.25, -0.2) is 9.37 Å². The first-order valence-electron chi connectivity index (χ1n) is 8.66. The fraction of sp³-hybridized carbons (Fsp3) is 0.0435. The van der Waals surface area contributed by atoms with Gasteiger partial charge < -0.3 is 4.74 Å². The Morgan fingerprint density at radius 3 is 2.50 bits per heavy atom. The Morgan fingerprint density at radius 1 is 1.04 bits per heavy atom. The van der Waals surface area contributed by atoms with Crippen molar-refractivity contribution in [2.45, 2.75) is 6.61 Å². The summed E-state index contributed by atoms with van der Waals surface area (Å²) < 4.78 is 19.7. The summed E-state index contributed by atoms with van der Waals surface area (Å²) >= 11 is 1.51. The van der Waals surface area contributed by atoms with Gasteiger partial charge in [-0.15, -0.1) is 11.3 Å². The van der Waals surface area contributed by atoms with Crippen LogP contribution in [-0.2, 0) is 6.61 Å². The molecular weight excluding hydrogens is 371 g/mol. The van der Waals surface area contributed by atoms with Crippen LogP contribution in [0.1, 0.15) is 16.1 Å². The largest absolute Gasteiger partial charge is 0.489 e. The Hall–Kier alpha value is -3.49. The zero-order chi connectivity index (χ0) is 19.3. The minimum Gasteiger partial charge on any atom is -0.489 e. The van der Waals surface area contributed by atoms with E-state index in [1.165, 1.54) is 23.5 Å². The summed E-state index contributed by atoms with van der Waals surface area (Å²) in [4.78, 5) is 4.54.